The summed E-state index contributed by atoms with van der Waals surface area (Å²) in [4.78, 5) is 22.5. The summed E-state index contributed by atoms with van der Waals surface area (Å²) < 4.78 is 0. The van der Waals surface area contributed by atoms with Crippen molar-refractivity contribution in [1.29, 1.82) is 0 Å². The van der Waals surface area contributed by atoms with Crippen LogP contribution in [0.2, 0.25) is 0 Å². The highest BCUT2D eigenvalue weighted by Gasteiger charge is 2.19. The van der Waals surface area contributed by atoms with Crippen LogP contribution in [0, 0.1) is 0 Å². The van der Waals surface area contributed by atoms with Gasteiger partial charge in [-0.1, -0.05) is 38.2 Å². The Hall–Kier alpha value is -1.50. The van der Waals surface area contributed by atoms with Gasteiger partial charge < -0.3 is 10.3 Å². The number of H-pyrrole nitrogens is 1. The fourth-order valence-corrected chi connectivity index (χ4v) is 5.61. The first-order valence-corrected chi connectivity index (χ1v) is 11.3. The summed E-state index contributed by atoms with van der Waals surface area (Å²) in [5, 5.41) is 8.51. The van der Waals surface area contributed by atoms with Gasteiger partial charge in [0.1, 0.15) is 10.7 Å². The van der Waals surface area contributed by atoms with Gasteiger partial charge in [0.05, 0.1) is 11.4 Å². The summed E-state index contributed by atoms with van der Waals surface area (Å²) in [5.41, 5.74) is 0.974. The zero-order valence-corrected chi connectivity index (χ0v) is 16.7. The van der Waals surface area contributed by atoms with E-state index >= 15 is 0 Å². The van der Waals surface area contributed by atoms with Crippen LogP contribution in [0.15, 0.2) is 27.7 Å². The predicted molar refractivity (Wildman–Crippen MR) is 111 cm³/mol. The van der Waals surface area contributed by atoms with Crippen LogP contribution >= 0.6 is 22.7 Å². The lowest BCUT2D eigenvalue weighted by atomic mass is 9.96. The molecule has 3 heterocycles. The Morgan fingerprint density at radius 3 is 2.69 bits per heavy atom. The van der Waals surface area contributed by atoms with E-state index < -0.39 is 0 Å². The molecule has 0 amide bonds. The van der Waals surface area contributed by atoms with Gasteiger partial charge in [-0.15, -0.1) is 22.7 Å². The molecule has 0 saturated heterocycles. The lowest BCUT2D eigenvalue weighted by Gasteiger charge is -2.24. The third-order valence-corrected chi connectivity index (χ3v) is 7.03. The molecule has 138 valence electrons. The number of rotatable bonds is 4. The second-order valence-corrected chi connectivity index (χ2v) is 8.99. The number of thiophene rings is 2. The molecule has 0 radical (unpaired) electrons. The molecule has 4 nitrogen and oxygen atoms in total. The molecule has 2 N–H and O–H groups in total. The maximum absolute atomic E-state index is 12.8. The Kier molecular flexibility index (Phi) is 5.52. The third-order valence-electron chi connectivity index (χ3n) is 5.25. The number of aromatic nitrogens is 2. The Morgan fingerprint density at radius 2 is 1.96 bits per heavy atom. The molecule has 26 heavy (non-hydrogen) atoms. The minimum Gasteiger partial charge on any atom is -0.309 e. The average Bonchev–Trinajstić information content (AvgIpc) is 3.26. The van der Waals surface area contributed by atoms with Crippen molar-refractivity contribution in [1.82, 2.24) is 15.3 Å². The van der Waals surface area contributed by atoms with Crippen molar-refractivity contribution in [3.05, 3.63) is 39.1 Å². The highest BCUT2D eigenvalue weighted by Crippen LogP contribution is 2.33. The van der Waals surface area contributed by atoms with Crippen molar-refractivity contribution >= 4 is 32.9 Å². The molecule has 0 unspecified atom stereocenters. The number of hydrogen-bond acceptors (Lipinski definition) is 5. The van der Waals surface area contributed by atoms with Crippen molar-refractivity contribution in [3.8, 4) is 10.4 Å². The summed E-state index contributed by atoms with van der Waals surface area (Å²) in [5.74, 6) is 0.754. The Bertz CT molecular complexity index is 905. The van der Waals surface area contributed by atoms with E-state index in [0.717, 1.165) is 26.5 Å². The largest absolute Gasteiger partial charge is 0.309 e. The molecule has 0 bridgehead atoms. The number of nitrogens with zero attached hydrogens (tertiary/aromatic N) is 1. The van der Waals surface area contributed by atoms with Crippen LogP contribution in [0.4, 0.5) is 0 Å². The Balaban J connectivity index is 1.58. The van der Waals surface area contributed by atoms with Crippen LogP contribution in [-0.2, 0) is 0 Å². The molecule has 1 atom stereocenters. The van der Waals surface area contributed by atoms with Gasteiger partial charge in [-0.3, -0.25) is 4.79 Å². The third kappa shape index (κ3) is 3.77. The molecule has 4 rings (SSSR count). The smallest absolute Gasteiger partial charge is 0.260 e. The van der Waals surface area contributed by atoms with Gasteiger partial charge in [0.25, 0.3) is 5.56 Å². The molecule has 3 aromatic rings. The molecule has 6 heteroatoms. The maximum Gasteiger partial charge on any atom is 0.260 e. The van der Waals surface area contributed by atoms with Gasteiger partial charge in [-0.2, -0.15) is 0 Å². The lowest BCUT2D eigenvalue weighted by Crippen LogP contribution is -2.33. The second kappa shape index (κ2) is 8.03. The molecule has 1 aliphatic rings. The van der Waals surface area contributed by atoms with Crippen LogP contribution in [0.1, 0.15) is 63.7 Å². The average molecular weight is 388 g/mol. The van der Waals surface area contributed by atoms with Crippen LogP contribution in [0.3, 0.4) is 0 Å². The molecule has 0 aliphatic heterocycles. The van der Waals surface area contributed by atoms with Crippen LogP contribution in [0.5, 0.6) is 0 Å². The summed E-state index contributed by atoms with van der Waals surface area (Å²) in [6.45, 7) is 2.11. The molecule has 0 spiro atoms. The van der Waals surface area contributed by atoms with Gasteiger partial charge in [0.15, 0.2) is 0 Å². The van der Waals surface area contributed by atoms with Crippen molar-refractivity contribution in [2.75, 3.05) is 0 Å². The Morgan fingerprint density at radius 1 is 1.19 bits per heavy atom. The minimum absolute atomic E-state index is 0.0269. The Labute approximate surface area is 161 Å². The van der Waals surface area contributed by atoms with E-state index in [0.29, 0.717) is 6.04 Å². The van der Waals surface area contributed by atoms with Crippen LogP contribution in [-0.4, -0.2) is 16.0 Å². The summed E-state index contributed by atoms with van der Waals surface area (Å²) in [6.07, 6.45) is 9.09. The highest BCUT2D eigenvalue weighted by atomic mass is 32.1. The summed E-state index contributed by atoms with van der Waals surface area (Å²) in [6, 6.07) is 4.65. The number of fused-ring (bicyclic) bond motifs is 1. The number of aromatic amines is 1. The van der Waals surface area contributed by atoms with E-state index in [4.69, 9.17) is 4.98 Å². The van der Waals surface area contributed by atoms with Crippen molar-refractivity contribution in [2.24, 2.45) is 0 Å². The molecule has 1 fully saturated rings. The first-order valence-electron chi connectivity index (χ1n) is 9.53. The van der Waals surface area contributed by atoms with Crippen molar-refractivity contribution < 1.29 is 0 Å². The van der Waals surface area contributed by atoms with Crippen molar-refractivity contribution in [3.63, 3.8) is 0 Å². The SMILES string of the molecule is C[C@@H](NC1CCCCCCC1)c1nc2scc(-c3cccs3)c2c(=O)[nH]1. The molecular formula is C20H25N3OS2. The monoisotopic (exact) mass is 387 g/mol. The van der Waals surface area contributed by atoms with Gasteiger partial charge in [0.2, 0.25) is 0 Å². The van der Waals surface area contributed by atoms with Gasteiger partial charge in [0, 0.05) is 21.9 Å². The predicted octanol–water partition coefficient (Wildman–Crippen LogP) is 5.48. The number of hydrogen-bond donors (Lipinski definition) is 2. The normalized spacial score (nSPS) is 17.9. The van der Waals surface area contributed by atoms with E-state index in [-0.39, 0.29) is 11.6 Å². The van der Waals surface area contributed by atoms with E-state index in [1.807, 2.05) is 11.4 Å². The van der Waals surface area contributed by atoms with Gasteiger partial charge in [-0.05, 0) is 31.2 Å². The van der Waals surface area contributed by atoms with E-state index in [2.05, 4.69) is 28.7 Å². The fourth-order valence-electron chi connectivity index (χ4n) is 3.84. The minimum atomic E-state index is -0.0269. The van der Waals surface area contributed by atoms with E-state index in [1.165, 1.54) is 44.9 Å². The topological polar surface area (TPSA) is 57.8 Å². The van der Waals surface area contributed by atoms with Crippen LogP contribution in [0.25, 0.3) is 20.7 Å². The van der Waals surface area contributed by atoms with Gasteiger partial charge in [-0.25, -0.2) is 4.98 Å². The standard InChI is InChI=1S/C20H25N3OS2/c1-13(21-14-8-5-3-2-4-6-9-14)18-22-19(24)17-15(12-26-20(17)23-18)16-10-7-11-25-16/h7,10-14,21H,2-6,8-9H2,1H3,(H,22,23,24)/t13-/m1/s1. The fraction of sp³-hybridized carbons (Fsp3) is 0.500. The highest BCUT2D eigenvalue weighted by molar-refractivity contribution is 7.18. The molecule has 0 aromatic carbocycles. The number of nitrogens with one attached hydrogen (secondary N) is 2. The maximum atomic E-state index is 12.8. The van der Waals surface area contributed by atoms with Gasteiger partial charge >= 0.3 is 0 Å². The quantitative estimate of drug-likeness (QED) is 0.623. The molecular weight excluding hydrogens is 362 g/mol. The molecule has 1 aliphatic carbocycles. The summed E-state index contributed by atoms with van der Waals surface area (Å²) in [7, 11) is 0. The second-order valence-electron chi connectivity index (χ2n) is 7.19. The zero-order chi connectivity index (χ0) is 17.9. The van der Waals surface area contributed by atoms with Crippen LogP contribution < -0.4 is 10.9 Å². The molecule has 3 aromatic heterocycles. The first kappa shape index (κ1) is 17.9. The zero-order valence-electron chi connectivity index (χ0n) is 15.1. The van der Waals surface area contributed by atoms with E-state index in [9.17, 15) is 4.79 Å². The molecule has 1 saturated carbocycles. The summed E-state index contributed by atoms with van der Waals surface area (Å²) >= 11 is 3.21. The van der Waals surface area contributed by atoms with Crippen molar-refractivity contribution in [2.45, 2.75) is 64.0 Å². The van der Waals surface area contributed by atoms with E-state index in [1.54, 1.807) is 22.7 Å². The first-order chi connectivity index (χ1) is 12.7. The lowest BCUT2D eigenvalue weighted by molar-refractivity contribution is 0.357.